The standard InChI is InChI=1S/C35H46N4O4/c1-29(2)23-8-9-33(6)24(32(23,5)15-22(17-36)27(29)41)14-26(40)35(43)25-16-31(4,28(42)37-18-21-19-38-39-20-21)11-10-30(25,3)12-13-34(33,35)7/h14-15,19-20,23,25,43H,8-13,16,18H2,1-7H3,(H,37,42)(H,38,39)/t23-,25+,30+,31-,32-,33+,34-,35+/m0/s1. The quantitative estimate of drug-likeness (QED) is 0.436. The first-order valence-corrected chi connectivity index (χ1v) is 15.9. The van der Waals surface area contributed by atoms with Crippen molar-refractivity contribution >= 4 is 17.5 Å². The van der Waals surface area contributed by atoms with Crippen LogP contribution < -0.4 is 5.32 Å². The van der Waals surface area contributed by atoms with Crippen molar-refractivity contribution in [2.45, 2.75) is 106 Å². The molecule has 6 rings (SSSR count). The number of amides is 1. The van der Waals surface area contributed by atoms with Crippen LogP contribution in [0.4, 0.5) is 0 Å². The maximum absolute atomic E-state index is 14.6. The molecule has 1 aromatic heterocycles. The van der Waals surface area contributed by atoms with Gasteiger partial charge in [-0.05, 0) is 73.3 Å². The lowest BCUT2D eigenvalue weighted by molar-refractivity contribution is -0.242. The maximum Gasteiger partial charge on any atom is 0.226 e. The second kappa shape index (κ2) is 9.00. The van der Waals surface area contributed by atoms with Gasteiger partial charge in [0, 0.05) is 45.9 Å². The van der Waals surface area contributed by atoms with Crippen LogP contribution in [0, 0.1) is 55.7 Å². The number of carbonyl (C=O) groups is 3. The molecule has 43 heavy (non-hydrogen) atoms. The molecule has 5 aliphatic carbocycles. The van der Waals surface area contributed by atoms with Crippen LogP contribution >= 0.6 is 0 Å². The molecule has 0 aliphatic heterocycles. The van der Waals surface area contributed by atoms with Crippen LogP contribution in [0.5, 0.6) is 0 Å². The highest BCUT2D eigenvalue weighted by Gasteiger charge is 2.75. The van der Waals surface area contributed by atoms with Gasteiger partial charge < -0.3 is 10.4 Å². The summed E-state index contributed by atoms with van der Waals surface area (Å²) >= 11 is 0. The fourth-order valence-corrected chi connectivity index (χ4v) is 10.7. The zero-order chi connectivity index (χ0) is 31.4. The van der Waals surface area contributed by atoms with Crippen molar-refractivity contribution in [3.63, 3.8) is 0 Å². The van der Waals surface area contributed by atoms with Crippen LogP contribution in [-0.2, 0) is 20.9 Å². The smallest absolute Gasteiger partial charge is 0.226 e. The van der Waals surface area contributed by atoms with Crippen LogP contribution in [-0.4, -0.2) is 38.4 Å². The van der Waals surface area contributed by atoms with Gasteiger partial charge in [-0.3, -0.25) is 19.5 Å². The van der Waals surface area contributed by atoms with Gasteiger partial charge in [-0.1, -0.05) is 54.5 Å². The molecule has 1 aromatic rings. The lowest BCUT2D eigenvalue weighted by Crippen LogP contribution is -2.74. The summed E-state index contributed by atoms with van der Waals surface area (Å²) in [4.78, 5) is 41.6. The van der Waals surface area contributed by atoms with E-state index >= 15 is 0 Å². The molecule has 5 aliphatic rings. The number of fused-ring (bicyclic) bond motifs is 7. The molecule has 230 valence electrons. The zero-order valence-corrected chi connectivity index (χ0v) is 26.7. The Labute approximate surface area is 254 Å². The molecule has 3 N–H and O–H groups in total. The Kier molecular flexibility index (Phi) is 6.28. The Morgan fingerprint density at radius 3 is 2.42 bits per heavy atom. The van der Waals surface area contributed by atoms with Crippen molar-refractivity contribution in [2.75, 3.05) is 0 Å². The average Bonchev–Trinajstić information content (AvgIpc) is 3.48. The van der Waals surface area contributed by atoms with Crippen LogP contribution in [0.2, 0.25) is 0 Å². The Bertz CT molecular complexity index is 1520. The van der Waals surface area contributed by atoms with Crippen molar-refractivity contribution < 1.29 is 19.5 Å². The van der Waals surface area contributed by atoms with Crippen LogP contribution in [0.15, 0.2) is 35.7 Å². The SMILES string of the molecule is CC1(C)C(=O)C(C#N)=C[C@]2(C)C3=CC(=O)[C@]4(O)[C@@H]5C[C@@](C)(C(=O)NCc6cn[nH]c6)CC[C@]5(C)CC[C@@]4(C)[C@]3(C)CC[C@@H]12. The average molecular weight is 587 g/mol. The number of nitrogens with one attached hydrogen (secondary N) is 2. The number of hydrogen-bond donors (Lipinski definition) is 3. The van der Waals surface area contributed by atoms with Crippen LogP contribution in [0.1, 0.15) is 99.0 Å². The van der Waals surface area contributed by atoms with Crippen molar-refractivity contribution in [2.24, 2.45) is 44.3 Å². The minimum Gasteiger partial charge on any atom is -0.381 e. The number of allylic oxidation sites excluding steroid dienone is 3. The lowest BCUT2D eigenvalue weighted by Gasteiger charge is -2.71. The van der Waals surface area contributed by atoms with E-state index in [-0.39, 0.29) is 40.3 Å². The number of aromatic nitrogens is 2. The molecule has 8 heteroatoms. The van der Waals surface area contributed by atoms with Gasteiger partial charge in [-0.25, -0.2) is 0 Å². The molecule has 3 saturated carbocycles. The monoisotopic (exact) mass is 586 g/mol. The fourth-order valence-electron chi connectivity index (χ4n) is 10.7. The third kappa shape index (κ3) is 3.64. The molecule has 0 unspecified atom stereocenters. The lowest BCUT2D eigenvalue weighted by atomic mass is 9.33. The predicted molar refractivity (Wildman–Crippen MR) is 161 cm³/mol. The molecule has 3 fully saturated rings. The van der Waals surface area contributed by atoms with Gasteiger partial charge in [0.1, 0.15) is 11.7 Å². The maximum atomic E-state index is 14.6. The number of rotatable bonds is 3. The Hall–Kier alpha value is -3.05. The van der Waals surface area contributed by atoms with E-state index in [0.717, 1.165) is 36.8 Å². The summed E-state index contributed by atoms with van der Waals surface area (Å²) in [6, 6.07) is 2.15. The van der Waals surface area contributed by atoms with Gasteiger partial charge in [0.05, 0.1) is 11.8 Å². The van der Waals surface area contributed by atoms with E-state index in [1.807, 2.05) is 26.8 Å². The summed E-state index contributed by atoms with van der Waals surface area (Å²) in [5, 5.41) is 32.8. The molecule has 1 amide bonds. The second-order valence-corrected chi connectivity index (χ2v) is 16.2. The first-order chi connectivity index (χ1) is 19.9. The van der Waals surface area contributed by atoms with Gasteiger partial charge in [0.25, 0.3) is 0 Å². The molecular formula is C35H46N4O4. The minimum atomic E-state index is -1.64. The van der Waals surface area contributed by atoms with Crippen molar-refractivity contribution in [3.8, 4) is 6.07 Å². The Morgan fingerprint density at radius 1 is 1.07 bits per heavy atom. The van der Waals surface area contributed by atoms with Crippen LogP contribution in [0.25, 0.3) is 0 Å². The summed E-state index contributed by atoms with van der Waals surface area (Å²) in [7, 11) is 0. The van der Waals surface area contributed by atoms with E-state index in [0.29, 0.717) is 25.8 Å². The van der Waals surface area contributed by atoms with Gasteiger partial charge in [0.2, 0.25) is 5.91 Å². The number of nitriles is 1. The van der Waals surface area contributed by atoms with E-state index in [9.17, 15) is 24.8 Å². The summed E-state index contributed by atoms with van der Waals surface area (Å²) in [5.41, 5.74) is -3.37. The molecule has 0 radical (unpaired) electrons. The number of aliphatic hydroxyl groups is 1. The third-order valence-corrected chi connectivity index (χ3v) is 13.8. The summed E-state index contributed by atoms with van der Waals surface area (Å²) in [6.07, 6.45) is 11.9. The molecule has 0 bridgehead atoms. The number of ketones is 2. The third-order valence-electron chi connectivity index (χ3n) is 13.8. The van der Waals surface area contributed by atoms with Crippen molar-refractivity contribution in [3.05, 3.63) is 41.3 Å². The van der Waals surface area contributed by atoms with E-state index in [4.69, 9.17) is 0 Å². The first-order valence-electron chi connectivity index (χ1n) is 15.9. The normalized spacial score (nSPS) is 44.9. The van der Waals surface area contributed by atoms with Gasteiger partial charge in [0.15, 0.2) is 11.6 Å². The molecule has 1 heterocycles. The minimum absolute atomic E-state index is 0.0581. The van der Waals surface area contributed by atoms with Crippen LogP contribution in [0.3, 0.4) is 0 Å². The predicted octanol–water partition coefficient (Wildman–Crippen LogP) is 5.36. The number of nitrogens with zero attached hydrogens (tertiary/aromatic N) is 2. The molecular weight excluding hydrogens is 540 g/mol. The highest BCUT2D eigenvalue weighted by molar-refractivity contribution is 6.05. The van der Waals surface area contributed by atoms with Crippen molar-refractivity contribution in [1.29, 1.82) is 5.26 Å². The molecule has 8 nitrogen and oxygen atoms in total. The Morgan fingerprint density at radius 2 is 1.77 bits per heavy atom. The highest BCUT2D eigenvalue weighted by atomic mass is 16.3. The molecule has 0 spiro atoms. The number of carbonyl (C=O) groups excluding carboxylic acids is 3. The first kappa shape index (κ1) is 30.0. The summed E-state index contributed by atoms with van der Waals surface area (Å²) in [6.45, 7) is 14.8. The highest BCUT2D eigenvalue weighted by Crippen LogP contribution is 2.75. The molecule has 8 atom stereocenters. The fraction of sp³-hybridized carbons (Fsp3) is 0.686. The van der Waals surface area contributed by atoms with E-state index < -0.39 is 32.7 Å². The van der Waals surface area contributed by atoms with E-state index in [1.54, 1.807) is 18.5 Å². The van der Waals surface area contributed by atoms with Gasteiger partial charge in [-0.2, -0.15) is 10.4 Å². The number of hydrogen-bond acceptors (Lipinski definition) is 6. The molecule has 0 saturated heterocycles. The van der Waals surface area contributed by atoms with E-state index in [2.05, 4.69) is 49.3 Å². The largest absolute Gasteiger partial charge is 0.381 e. The topological polar surface area (TPSA) is 136 Å². The Balaban J connectivity index is 1.43. The number of Topliss-reactive ketones (excluding diaryl/α,β-unsaturated/α-hetero) is 1. The molecule has 0 aromatic carbocycles. The second-order valence-electron chi connectivity index (χ2n) is 16.2. The van der Waals surface area contributed by atoms with Gasteiger partial charge in [-0.15, -0.1) is 0 Å². The summed E-state index contributed by atoms with van der Waals surface area (Å²) < 4.78 is 0. The number of H-pyrrole nitrogens is 1. The summed E-state index contributed by atoms with van der Waals surface area (Å²) in [5.74, 6) is -0.928. The van der Waals surface area contributed by atoms with E-state index in [1.165, 1.54) is 0 Å². The van der Waals surface area contributed by atoms with Crippen molar-refractivity contribution in [1.82, 2.24) is 15.5 Å². The van der Waals surface area contributed by atoms with Gasteiger partial charge >= 0.3 is 0 Å². The number of aromatic amines is 1. The zero-order valence-electron chi connectivity index (χ0n) is 26.7.